The average Bonchev–Trinajstić information content (AvgIpc) is 2.92. The summed E-state index contributed by atoms with van der Waals surface area (Å²) in [4.78, 5) is 0. The fourth-order valence-corrected chi connectivity index (χ4v) is 4.44. The highest BCUT2D eigenvalue weighted by atomic mass is 14.5. The molecule has 2 aliphatic rings. The Morgan fingerprint density at radius 1 is 1.06 bits per heavy atom. The van der Waals surface area contributed by atoms with E-state index in [-0.39, 0.29) is 0 Å². The SMILES string of the molecule is CC(C)C1(C(C)C)CCc2c1ccc1c2C=CC1. The van der Waals surface area contributed by atoms with Crippen molar-refractivity contribution in [3.63, 3.8) is 0 Å². The monoisotopic (exact) mass is 240 g/mol. The predicted octanol–water partition coefficient (Wildman–Crippen LogP) is 4.75. The molecule has 0 aromatic heterocycles. The van der Waals surface area contributed by atoms with Crippen LogP contribution in [0, 0.1) is 11.8 Å². The Kier molecular flexibility index (Phi) is 2.66. The first kappa shape index (κ1) is 12.0. The van der Waals surface area contributed by atoms with Gasteiger partial charge in [0.25, 0.3) is 0 Å². The maximum atomic E-state index is 2.44. The summed E-state index contributed by atoms with van der Waals surface area (Å²) >= 11 is 0. The van der Waals surface area contributed by atoms with Crippen LogP contribution < -0.4 is 0 Å². The molecule has 0 amide bonds. The van der Waals surface area contributed by atoms with E-state index in [1.54, 1.807) is 16.7 Å². The van der Waals surface area contributed by atoms with Crippen molar-refractivity contribution in [1.29, 1.82) is 0 Å². The van der Waals surface area contributed by atoms with Crippen molar-refractivity contribution in [2.75, 3.05) is 0 Å². The molecule has 0 atom stereocenters. The molecule has 96 valence electrons. The molecule has 2 aliphatic carbocycles. The summed E-state index contributed by atoms with van der Waals surface area (Å²) in [7, 11) is 0. The lowest BCUT2D eigenvalue weighted by atomic mass is 9.65. The lowest BCUT2D eigenvalue weighted by molar-refractivity contribution is 0.218. The van der Waals surface area contributed by atoms with E-state index in [0.717, 1.165) is 18.3 Å². The van der Waals surface area contributed by atoms with Crippen LogP contribution in [0.1, 0.15) is 56.4 Å². The molecule has 18 heavy (non-hydrogen) atoms. The van der Waals surface area contributed by atoms with Crippen LogP contribution >= 0.6 is 0 Å². The number of benzene rings is 1. The number of rotatable bonds is 2. The number of allylic oxidation sites excluding steroid dienone is 1. The van der Waals surface area contributed by atoms with Crippen LogP contribution in [-0.4, -0.2) is 0 Å². The molecule has 1 aromatic carbocycles. The summed E-state index contributed by atoms with van der Waals surface area (Å²) in [5.74, 6) is 1.45. The van der Waals surface area contributed by atoms with Crippen LogP contribution in [0.2, 0.25) is 0 Å². The molecule has 1 aromatic rings. The first-order valence-corrected chi connectivity index (χ1v) is 7.39. The van der Waals surface area contributed by atoms with Crippen LogP contribution in [0.5, 0.6) is 0 Å². The quantitative estimate of drug-likeness (QED) is 0.699. The standard InChI is InChI=1S/C18H24/c1-12(2)18(13(3)4)11-10-16-15-7-5-6-14(15)8-9-17(16)18/h5,7-9,12-13H,6,10-11H2,1-4H3. The van der Waals surface area contributed by atoms with Crippen LogP contribution in [0.15, 0.2) is 18.2 Å². The molecule has 0 aliphatic heterocycles. The third kappa shape index (κ3) is 1.38. The van der Waals surface area contributed by atoms with Crippen LogP contribution in [0.25, 0.3) is 6.08 Å². The van der Waals surface area contributed by atoms with Gasteiger partial charge in [0.1, 0.15) is 0 Å². The molecule has 0 saturated heterocycles. The smallest absolute Gasteiger partial charge is 0.000505 e. The summed E-state index contributed by atoms with van der Waals surface area (Å²) in [6, 6.07) is 4.81. The normalized spacial score (nSPS) is 19.7. The molecular formula is C18H24. The minimum absolute atomic E-state index is 0.404. The Morgan fingerprint density at radius 2 is 1.78 bits per heavy atom. The minimum atomic E-state index is 0.404. The zero-order chi connectivity index (χ0) is 12.9. The van der Waals surface area contributed by atoms with E-state index < -0.39 is 0 Å². The van der Waals surface area contributed by atoms with E-state index in [2.05, 4.69) is 52.0 Å². The Balaban J connectivity index is 2.20. The van der Waals surface area contributed by atoms with Crippen molar-refractivity contribution in [2.24, 2.45) is 11.8 Å². The summed E-state index contributed by atoms with van der Waals surface area (Å²) < 4.78 is 0. The van der Waals surface area contributed by atoms with Crippen molar-refractivity contribution in [2.45, 2.75) is 52.4 Å². The summed E-state index contributed by atoms with van der Waals surface area (Å²) in [5, 5.41) is 0. The molecule has 3 rings (SSSR count). The third-order valence-electron chi connectivity index (χ3n) is 5.42. The van der Waals surface area contributed by atoms with Crippen molar-refractivity contribution in [3.05, 3.63) is 40.5 Å². The second-order valence-corrected chi connectivity index (χ2v) is 6.62. The van der Waals surface area contributed by atoms with Crippen molar-refractivity contribution < 1.29 is 0 Å². The summed E-state index contributed by atoms with van der Waals surface area (Å²) in [5.41, 5.74) is 6.80. The molecule has 0 heteroatoms. The molecule has 0 saturated carbocycles. The maximum absolute atomic E-state index is 2.44. The van der Waals surface area contributed by atoms with Gasteiger partial charge in [-0.3, -0.25) is 0 Å². The van der Waals surface area contributed by atoms with Gasteiger partial charge in [-0.25, -0.2) is 0 Å². The van der Waals surface area contributed by atoms with E-state index >= 15 is 0 Å². The molecule has 0 heterocycles. The first-order valence-electron chi connectivity index (χ1n) is 7.39. The van der Waals surface area contributed by atoms with Gasteiger partial charge in [-0.05, 0) is 53.4 Å². The van der Waals surface area contributed by atoms with E-state index in [1.807, 2.05) is 0 Å². The van der Waals surface area contributed by atoms with E-state index in [4.69, 9.17) is 0 Å². The maximum Gasteiger partial charge on any atom is 0.000505 e. The number of hydrogen-bond donors (Lipinski definition) is 0. The minimum Gasteiger partial charge on any atom is -0.0795 e. The van der Waals surface area contributed by atoms with Gasteiger partial charge in [0, 0.05) is 5.41 Å². The Hall–Kier alpha value is -1.04. The highest BCUT2D eigenvalue weighted by Gasteiger charge is 2.44. The van der Waals surface area contributed by atoms with Crippen molar-refractivity contribution >= 4 is 6.08 Å². The largest absolute Gasteiger partial charge is 0.0795 e. The highest BCUT2D eigenvalue weighted by molar-refractivity contribution is 5.67. The fourth-order valence-electron chi connectivity index (χ4n) is 4.44. The van der Waals surface area contributed by atoms with E-state index in [0.29, 0.717) is 5.41 Å². The van der Waals surface area contributed by atoms with Gasteiger partial charge in [0.05, 0.1) is 0 Å². The second-order valence-electron chi connectivity index (χ2n) is 6.62. The lowest BCUT2D eigenvalue weighted by Crippen LogP contribution is -2.35. The predicted molar refractivity (Wildman–Crippen MR) is 78.9 cm³/mol. The van der Waals surface area contributed by atoms with Gasteiger partial charge < -0.3 is 0 Å². The molecule has 0 fully saturated rings. The number of fused-ring (bicyclic) bond motifs is 3. The van der Waals surface area contributed by atoms with E-state index in [9.17, 15) is 0 Å². The molecule has 0 nitrogen and oxygen atoms in total. The Morgan fingerprint density at radius 3 is 2.44 bits per heavy atom. The van der Waals surface area contributed by atoms with Gasteiger partial charge in [-0.15, -0.1) is 0 Å². The van der Waals surface area contributed by atoms with Crippen molar-refractivity contribution in [3.8, 4) is 0 Å². The summed E-state index contributed by atoms with van der Waals surface area (Å²) in [6.07, 6.45) is 8.42. The number of hydrogen-bond acceptors (Lipinski definition) is 0. The third-order valence-corrected chi connectivity index (χ3v) is 5.42. The average molecular weight is 240 g/mol. The van der Waals surface area contributed by atoms with Crippen LogP contribution in [-0.2, 0) is 18.3 Å². The second kappa shape index (κ2) is 3.98. The molecule has 0 radical (unpaired) electrons. The lowest BCUT2D eigenvalue weighted by Gasteiger charge is -2.39. The zero-order valence-corrected chi connectivity index (χ0v) is 12.1. The molecule has 0 spiro atoms. The molecular weight excluding hydrogens is 216 g/mol. The van der Waals surface area contributed by atoms with Gasteiger partial charge in [-0.2, -0.15) is 0 Å². The van der Waals surface area contributed by atoms with Gasteiger partial charge in [0.15, 0.2) is 0 Å². The Labute approximate surface area is 111 Å². The van der Waals surface area contributed by atoms with Crippen LogP contribution in [0.4, 0.5) is 0 Å². The molecule has 0 unspecified atom stereocenters. The van der Waals surface area contributed by atoms with E-state index in [1.165, 1.54) is 18.4 Å². The highest BCUT2D eigenvalue weighted by Crippen LogP contribution is 2.51. The van der Waals surface area contributed by atoms with Crippen molar-refractivity contribution in [1.82, 2.24) is 0 Å². The summed E-state index contributed by atoms with van der Waals surface area (Å²) in [6.45, 7) is 9.60. The molecule has 0 N–H and O–H groups in total. The van der Waals surface area contributed by atoms with Gasteiger partial charge in [-0.1, -0.05) is 52.0 Å². The van der Waals surface area contributed by atoms with Crippen LogP contribution in [0.3, 0.4) is 0 Å². The molecule has 0 bridgehead atoms. The first-order chi connectivity index (χ1) is 8.57. The van der Waals surface area contributed by atoms with Gasteiger partial charge >= 0.3 is 0 Å². The topological polar surface area (TPSA) is 0 Å². The zero-order valence-electron chi connectivity index (χ0n) is 12.1. The Bertz CT molecular complexity index is 495. The fraction of sp³-hybridized carbons (Fsp3) is 0.556. The van der Waals surface area contributed by atoms with Gasteiger partial charge in [0.2, 0.25) is 0 Å².